The molecule has 0 heterocycles. The number of aliphatic hydroxyl groups excluding tert-OH is 1. The van der Waals surface area contributed by atoms with E-state index in [1.165, 1.54) is 0 Å². The summed E-state index contributed by atoms with van der Waals surface area (Å²) in [5.41, 5.74) is 5.29. The van der Waals surface area contributed by atoms with Crippen LogP contribution in [0.1, 0.15) is 13.8 Å². The van der Waals surface area contributed by atoms with Crippen LogP contribution in [0.5, 0.6) is 0 Å². The summed E-state index contributed by atoms with van der Waals surface area (Å²) in [5, 5.41) is 11.2. The van der Waals surface area contributed by atoms with E-state index in [0.29, 0.717) is 6.54 Å². The monoisotopic (exact) mass is 160 g/mol. The lowest BCUT2D eigenvalue weighted by Gasteiger charge is -2.10. The topological polar surface area (TPSA) is 75.3 Å². The number of amides is 1. The zero-order valence-corrected chi connectivity index (χ0v) is 7.00. The van der Waals surface area contributed by atoms with Crippen LogP contribution in [0.3, 0.4) is 0 Å². The summed E-state index contributed by atoms with van der Waals surface area (Å²) in [6.07, 6.45) is 0. The Morgan fingerprint density at radius 3 is 2.55 bits per heavy atom. The normalized spacial score (nSPS) is 15.6. The summed E-state index contributed by atoms with van der Waals surface area (Å²) in [6.45, 7) is 4.04. The second-order valence-electron chi connectivity index (χ2n) is 2.82. The highest BCUT2D eigenvalue weighted by molar-refractivity contribution is 5.80. The summed E-state index contributed by atoms with van der Waals surface area (Å²) in [5.74, 6) is -0.0806. The van der Waals surface area contributed by atoms with Crippen molar-refractivity contribution < 1.29 is 9.90 Å². The van der Waals surface area contributed by atoms with E-state index < -0.39 is 6.04 Å². The molecule has 4 heteroatoms. The third-order valence-corrected chi connectivity index (χ3v) is 1.35. The van der Waals surface area contributed by atoms with Gasteiger partial charge in [-0.05, 0) is 12.8 Å². The van der Waals surface area contributed by atoms with Crippen LogP contribution >= 0.6 is 0 Å². The van der Waals surface area contributed by atoms with Crippen molar-refractivity contribution in [1.82, 2.24) is 5.32 Å². The molecule has 4 nitrogen and oxygen atoms in total. The molecule has 1 unspecified atom stereocenters. The Bertz CT molecular complexity index is 126. The average Bonchev–Trinajstić information content (AvgIpc) is 1.99. The Hall–Kier alpha value is -0.610. The van der Waals surface area contributed by atoms with Gasteiger partial charge in [0, 0.05) is 13.2 Å². The van der Waals surface area contributed by atoms with E-state index in [1.807, 2.05) is 6.92 Å². The summed E-state index contributed by atoms with van der Waals surface area (Å²) in [4.78, 5) is 10.8. The lowest BCUT2D eigenvalue weighted by atomic mass is 10.2. The maximum absolute atomic E-state index is 10.8. The second-order valence-corrected chi connectivity index (χ2v) is 2.82. The van der Waals surface area contributed by atoms with Crippen LogP contribution < -0.4 is 11.1 Å². The minimum Gasteiger partial charge on any atom is -0.396 e. The Kier molecular flexibility index (Phi) is 4.81. The molecule has 0 bridgehead atoms. The number of carbonyl (C=O) groups is 1. The van der Waals surface area contributed by atoms with E-state index in [-0.39, 0.29) is 18.4 Å². The predicted molar refractivity (Wildman–Crippen MR) is 42.9 cm³/mol. The standard InChI is InChI=1S/C7H16N2O2/c1-5(4-10)3-9-7(11)6(2)8/h5-6,10H,3-4,8H2,1-2H3,(H,9,11)/t5?,6-/m0/s1. The second kappa shape index (κ2) is 5.09. The van der Waals surface area contributed by atoms with Gasteiger partial charge in [-0.2, -0.15) is 0 Å². The molecule has 4 N–H and O–H groups in total. The van der Waals surface area contributed by atoms with Gasteiger partial charge in [-0.3, -0.25) is 4.79 Å². The van der Waals surface area contributed by atoms with Crippen molar-refractivity contribution in [2.45, 2.75) is 19.9 Å². The van der Waals surface area contributed by atoms with Gasteiger partial charge in [0.25, 0.3) is 0 Å². The molecule has 0 saturated carbocycles. The molecule has 2 atom stereocenters. The number of carbonyl (C=O) groups excluding carboxylic acids is 1. The number of aliphatic hydroxyl groups is 1. The third-order valence-electron chi connectivity index (χ3n) is 1.35. The van der Waals surface area contributed by atoms with Gasteiger partial charge >= 0.3 is 0 Å². The largest absolute Gasteiger partial charge is 0.396 e. The minimum atomic E-state index is -0.471. The molecule has 0 aromatic carbocycles. The van der Waals surface area contributed by atoms with Crippen LogP contribution in [0, 0.1) is 5.92 Å². The fourth-order valence-corrected chi connectivity index (χ4v) is 0.500. The number of nitrogens with one attached hydrogen (secondary N) is 1. The van der Waals surface area contributed by atoms with Crippen LogP contribution in [0.15, 0.2) is 0 Å². The molecule has 0 fully saturated rings. The molecule has 0 aliphatic rings. The van der Waals surface area contributed by atoms with Gasteiger partial charge in [-0.1, -0.05) is 6.92 Å². The SMILES string of the molecule is CC(CO)CNC(=O)[C@H](C)N. The van der Waals surface area contributed by atoms with Gasteiger partial charge in [0.1, 0.15) is 0 Å². The fraction of sp³-hybridized carbons (Fsp3) is 0.857. The number of hydrogen-bond donors (Lipinski definition) is 3. The number of hydrogen-bond acceptors (Lipinski definition) is 3. The van der Waals surface area contributed by atoms with E-state index in [0.717, 1.165) is 0 Å². The molecular formula is C7H16N2O2. The van der Waals surface area contributed by atoms with Gasteiger partial charge < -0.3 is 16.2 Å². The number of rotatable bonds is 4. The first-order valence-corrected chi connectivity index (χ1v) is 3.72. The molecule has 66 valence electrons. The molecule has 0 radical (unpaired) electrons. The molecule has 0 spiro atoms. The highest BCUT2D eigenvalue weighted by Gasteiger charge is 2.07. The maximum atomic E-state index is 10.8. The van der Waals surface area contributed by atoms with Crippen LogP contribution in [0.2, 0.25) is 0 Å². The van der Waals surface area contributed by atoms with E-state index in [2.05, 4.69) is 5.32 Å². The Morgan fingerprint density at radius 2 is 2.18 bits per heavy atom. The molecule has 0 saturated heterocycles. The van der Waals surface area contributed by atoms with Crippen LogP contribution in [-0.2, 0) is 4.79 Å². The lowest BCUT2D eigenvalue weighted by Crippen LogP contribution is -2.40. The van der Waals surface area contributed by atoms with Gasteiger partial charge in [-0.25, -0.2) is 0 Å². The zero-order valence-electron chi connectivity index (χ0n) is 7.00. The van der Waals surface area contributed by atoms with E-state index in [1.54, 1.807) is 6.92 Å². The van der Waals surface area contributed by atoms with Crippen molar-refractivity contribution in [3.63, 3.8) is 0 Å². The summed E-state index contributed by atoms with van der Waals surface area (Å²) in [7, 11) is 0. The maximum Gasteiger partial charge on any atom is 0.236 e. The minimum absolute atomic E-state index is 0.0826. The Morgan fingerprint density at radius 1 is 1.64 bits per heavy atom. The average molecular weight is 160 g/mol. The Balaban J connectivity index is 3.46. The molecule has 0 aromatic heterocycles. The molecule has 0 aliphatic carbocycles. The van der Waals surface area contributed by atoms with Crippen molar-refractivity contribution in [2.24, 2.45) is 11.7 Å². The fourth-order valence-electron chi connectivity index (χ4n) is 0.500. The molecule has 0 rings (SSSR count). The first kappa shape index (κ1) is 10.4. The predicted octanol–water partition coefficient (Wildman–Crippen LogP) is -0.922. The van der Waals surface area contributed by atoms with Gasteiger partial charge in [0.2, 0.25) is 5.91 Å². The molecule has 0 aliphatic heterocycles. The van der Waals surface area contributed by atoms with E-state index in [4.69, 9.17) is 10.8 Å². The highest BCUT2D eigenvalue weighted by Crippen LogP contribution is 1.88. The van der Waals surface area contributed by atoms with Gasteiger partial charge in [-0.15, -0.1) is 0 Å². The number of nitrogens with two attached hydrogens (primary N) is 1. The highest BCUT2D eigenvalue weighted by atomic mass is 16.3. The molecule has 0 aromatic rings. The summed E-state index contributed by atoms with van der Waals surface area (Å²) >= 11 is 0. The smallest absolute Gasteiger partial charge is 0.236 e. The van der Waals surface area contributed by atoms with Crippen molar-refractivity contribution in [2.75, 3.05) is 13.2 Å². The first-order valence-electron chi connectivity index (χ1n) is 3.72. The zero-order chi connectivity index (χ0) is 8.85. The van der Waals surface area contributed by atoms with Crippen molar-refractivity contribution in [3.8, 4) is 0 Å². The van der Waals surface area contributed by atoms with Crippen molar-refractivity contribution in [1.29, 1.82) is 0 Å². The van der Waals surface area contributed by atoms with Crippen molar-refractivity contribution in [3.05, 3.63) is 0 Å². The van der Waals surface area contributed by atoms with Crippen LogP contribution in [0.25, 0.3) is 0 Å². The Labute approximate surface area is 66.8 Å². The molecule has 1 amide bonds. The van der Waals surface area contributed by atoms with Crippen LogP contribution in [0.4, 0.5) is 0 Å². The first-order chi connectivity index (χ1) is 5.07. The van der Waals surface area contributed by atoms with E-state index >= 15 is 0 Å². The van der Waals surface area contributed by atoms with Gasteiger partial charge in [0.05, 0.1) is 6.04 Å². The summed E-state index contributed by atoms with van der Waals surface area (Å²) < 4.78 is 0. The quantitative estimate of drug-likeness (QED) is 0.498. The lowest BCUT2D eigenvalue weighted by molar-refractivity contribution is -0.122. The third kappa shape index (κ3) is 4.75. The summed E-state index contributed by atoms with van der Waals surface area (Å²) in [6, 6.07) is -0.471. The van der Waals surface area contributed by atoms with Gasteiger partial charge in [0.15, 0.2) is 0 Å². The molecular weight excluding hydrogens is 144 g/mol. The van der Waals surface area contributed by atoms with Crippen molar-refractivity contribution >= 4 is 5.91 Å². The molecule has 11 heavy (non-hydrogen) atoms. The van der Waals surface area contributed by atoms with E-state index in [9.17, 15) is 4.79 Å². The van der Waals surface area contributed by atoms with Crippen LogP contribution in [-0.4, -0.2) is 30.2 Å².